The lowest BCUT2D eigenvalue weighted by molar-refractivity contribution is -0.255. The van der Waals surface area contributed by atoms with Gasteiger partial charge in [0.15, 0.2) is 0 Å². The number of likely N-dealkylation sites (N-methyl/N-ethyl adjacent to an activating group) is 1. The number of unbranched alkanes of at least 4 members (excludes halogenated alkanes) is 2. The number of oxime groups is 1. The smallest absolute Gasteiger partial charge is 0.239 e. The van der Waals surface area contributed by atoms with Gasteiger partial charge < -0.3 is 38.9 Å². The molecule has 10 nitrogen and oxygen atoms in total. The number of fused-ring (bicyclic) bond motifs is 2. The summed E-state index contributed by atoms with van der Waals surface area (Å²) in [6.07, 6.45) is 9.40. The maximum atomic E-state index is 14.5. The average Bonchev–Trinajstić information content (AvgIpc) is 3.24. The molecule has 6 atom stereocenters. The van der Waals surface area contributed by atoms with Crippen molar-refractivity contribution in [2.24, 2.45) is 22.9 Å². The number of allylic oxidation sites excluding steroid dienone is 1. The number of thioether (sulfide) groups is 1. The lowest BCUT2D eigenvalue weighted by Crippen LogP contribution is -2.69. The molecule has 1 fully saturated rings. The highest BCUT2D eigenvalue weighted by Gasteiger charge is 2.65. The van der Waals surface area contributed by atoms with Crippen LogP contribution in [0.1, 0.15) is 82.8 Å². The topological polar surface area (TPSA) is 119 Å². The number of methoxy groups -OCH3 is 1. The van der Waals surface area contributed by atoms with Crippen LogP contribution in [-0.4, -0.2) is 90.5 Å². The maximum Gasteiger partial charge on any atom is 0.239 e. The van der Waals surface area contributed by atoms with Gasteiger partial charge >= 0.3 is 0 Å². The molecular weight excluding hydrogens is 777 g/mol. The first-order chi connectivity index (χ1) is 29.0. The Hall–Kier alpha value is -4.29. The maximum absolute atomic E-state index is 14.5. The fourth-order valence-corrected chi connectivity index (χ4v) is 9.85. The van der Waals surface area contributed by atoms with Crippen molar-refractivity contribution >= 4 is 23.4 Å². The van der Waals surface area contributed by atoms with Gasteiger partial charge in [-0.05, 0) is 112 Å². The molecule has 0 radical (unpaired) electrons. The number of hydrogen-bond donors (Lipinski definition) is 2. The summed E-state index contributed by atoms with van der Waals surface area (Å²) in [5.74, 6) is 1.22. The number of aliphatic hydroxyl groups excluding tert-OH is 2. The molecule has 1 amide bonds. The van der Waals surface area contributed by atoms with Gasteiger partial charge in [0, 0.05) is 48.8 Å². The van der Waals surface area contributed by atoms with Gasteiger partial charge in [0.05, 0.1) is 38.4 Å². The summed E-state index contributed by atoms with van der Waals surface area (Å²) >= 11 is 1.76. The summed E-state index contributed by atoms with van der Waals surface area (Å²) in [5.41, 5.74) is 3.07. The zero-order valence-corrected chi connectivity index (χ0v) is 36.8. The van der Waals surface area contributed by atoms with Crippen LogP contribution in [0, 0.1) is 17.8 Å². The van der Waals surface area contributed by atoms with E-state index in [0.717, 1.165) is 59.6 Å². The number of amides is 1. The van der Waals surface area contributed by atoms with Crippen LogP contribution >= 0.6 is 11.8 Å². The minimum atomic E-state index is -1.32. The molecule has 3 aromatic rings. The zero-order chi connectivity index (χ0) is 42.7. The highest BCUT2D eigenvalue weighted by Crippen LogP contribution is 2.62. The van der Waals surface area contributed by atoms with E-state index in [-0.39, 0.29) is 49.9 Å². The van der Waals surface area contributed by atoms with E-state index in [0.29, 0.717) is 37.4 Å². The van der Waals surface area contributed by atoms with Gasteiger partial charge in [-0.25, -0.2) is 0 Å². The monoisotopic (exact) mass is 840 g/mol. The highest BCUT2D eigenvalue weighted by molar-refractivity contribution is 7.99. The van der Waals surface area contributed by atoms with Crippen LogP contribution in [0.3, 0.4) is 0 Å². The van der Waals surface area contributed by atoms with Gasteiger partial charge in [0.2, 0.25) is 11.7 Å². The predicted octanol–water partition coefficient (Wildman–Crippen LogP) is 9.00. The molecule has 1 saturated carbocycles. The number of hydrogen-bond acceptors (Lipinski definition) is 10. The Morgan fingerprint density at radius 2 is 1.77 bits per heavy atom. The minimum Gasteiger partial charge on any atom is -0.497 e. The molecule has 1 aliphatic heterocycles. The van der Waals surface area contributed by atoms with Crippen LogP contribution in [-0.2, 0) is 20.8 Å². The molecule has 0 saturated heterocycles. The Balaban J connectivity index is 1.49. The lowest BCUT2D eigenvalue weighted by Gasteiger charge is -2.59. The van der Waals surface area contributed by atoms with Crippen LogP contribution in [0.2, 0.25) is 0 Å². The summed E-state index contributed by atoms with van der Waals surface area (Å²) in [6, 6.07) is 23.4. The number of benzene rings is 3. The predicted molar refractivity (Wildman–Crippen MR) is 238 cm³/mol. The molecule has 2 aliphatic carbocycles. The first-order valence-corrected chi connectivity index (χ1v) is 22.5. The molecule has 2 N–H and O–H groups in total. The van der Waals surface area contributed by atoms with Gasteiger partial charge in [-0.3, -0.25) is 4.79 Å². The van der Waals surface area contributed by atoms with Crippen molar-refractivity contribution < 1.29 is 38.8 Å². The van der Waals surface area contributed by atoms with Crippen LogP contribution in [0.25, 0.3) is 0 Å². The summed E-state index contributed by atoms with van der Waals surface area (Å²) in [6.45, 7) is 10.9. The quantitative estimate of drug-likeness (QED) is 0.0469. The van der Waals surface area contributed by atoms with Gasteiger partial charge in [-0.1, -0.05) is 60.5 Å². The number of nitrogens with zero attached hydrogens (tertiary/aromatic N) is 2. The van der Waals surface area contributed by atoms with E-state index < -0.39 is 23.3 Å². The molecule has 0 aromatic heterocycles. The van der Waals surface area contributed by atoms with Crippen LogP contribution in [0.15, 0.2) is 107 Å². The number of carbonyl (C=O) groups is 1. The van der Waals surface area contributed by atoms with E-state index in [1.165, 1.54) is 4.90 Å². The fourth-order valence-electron chi connectivity index (χ4n) is 9.10. The van der Waals surface area contributed by atoms with Crippen LogP contribution < -0.4 is 14.2 Å². The molecular formula is C49H64N2O8S. The van der Waals surface area contributed by atoms with Crippen LogP contribution in [0.5, 0.6) is 17.2 Å². The van der Waals surface area contributed by atoms with Crippen molar-refractivity contribution in [2.45, 2.75) is 100 Å². The van der Waals surface area contributed by atoms with Crippen molar-refractivity contribution in [3.05, 3.63) is 108 Å². The summed E-state index contributed by atoms with van der Waals surface area (Å²) in [7, 11) is 3.45. The standard InChI is InChI=1S/C49H64N2O8S/c1-7-26-57-49-44(51(5)45(54)30-34-16-15-18-36(29-34)55-6)33-42(50-59-48(2,3)4)40-31-35(17-11-13-24-52)39(21-12-14-25-53)46(47(40)49)41-32-37(22-23-43(41)58-49)56-27-28-60-38-19-9-8-10-20-38/h7-10,15-16,18-20,22-23,29,31-32,35,39,44,46-47,52-53H,1,11-14,17,21,24-28,30,33H2,2-6H3/t35-,39+,44-,46+,47+,49+/m0/s1. The first-order valence-electron chi connectivity index (χ1n) is 21.5. The highest BCUT2D eigenvalue weighted by atomic mass is 32.2. The summed E-state index contributed by atoms with van der Waals surface area (Å²) in [5, 5.41) is 24.7. The third kappa shape index (κ3) is 10.8. The lowest BCUT2D eigenvalue weighted by atomic mass is 9.55. The fraction of sp³-hybridized carbons (Fsp3) is 0.510. The van der Waals surface area contributed by atoms with Crippen molar-refractivity contribution in [3.63, 3.8) is 0 Å². The van der Waals surface area contributed by atoms with E-state index in [1.54, 1.807) is 29.8 Å². The normalized spacial score (nSPS) is 23.8. The molecule has 0 unspecified atom stereocenters. The Kier molecular flexibility index (Phi) is 15.8. The van der Waals surface area contributed by atoms with Crippen molar-refractivity contribution in [3.8, 4) is 17.2 Å². The molecule has 1 heterocycles. The zero-order valence-electron chi connectivity index (χ0n) is 36.0. The van der Waals surface area contributed by atoms with Gasteiger partial charge in [0.25, 0.3) is 0 Å². The second-order valence-corrected chi connectivity index (χ2v) is 18.2. The van der Waals surface area contributed by atoms with E-state index in [1.807, 2.05) is 82.4 Å². The van der Waals surface area contributed by atoms with E-state index in [4.69, 9.17) is 28.9 Å². The molecule has 3 aromatic carbocycles. The first kappa shape index (κ1) is 45.2. The third-order valence-electron chi connectivity index (χ3n) is 11.8. The van der Waals surface area contributed by atoms with Crippen molar-refractivity contribution in [2.75, 3.05) is 46.3 Å². The summed E-state index contributed by atoms with van der Waals surface area (Å²) < 4.78 is 26.3. The van der Waals surface area contributed by atoms with E-state index in [9.17, 15) is 15.0 Å². The molecule has 6 rings (SSSR count). The minimum absolute atomic E-state index is 0.0985. The Labute approximate surface area is 361 Å². The van der Waals surface area contributed by atoms with Crippen LogP contribution in [0.4, 0.5) is 0 Å². The Morgan fingerprint density at radius 1 is 1.00 bits per heavy atom. The SMILES string of the molecule is C=CCO[C@@]12Oc3ccc(OCCSc4ccccc4)cc3[C@H]3[C@H](CCCCO)[C@@H](CCCCO)C=C(C(=NOC(C)(C)C)C[C@@H]1N(C)C(=O)Cc1cccc(OC)c1)[C@H]32. The molecule has 3 aliphatic rings. The van der Waals surface area contributed by atoms with Crippen molar-refractivity contribution in [1.82, 2.24) is 4.90 Å². The van der Waals surface area contributed by atoms with Gasteiger partial charge in [-0.15, -0.1) is 18.3 Å². The average molecular weight is 841 g/mol. The largest absolute Gasteiger partial charge is 0.497 e. The molecule has 0 spiro atoms. The van der Waals surface area contributed by atoms with E-state index >= 15 is 0 Å². The van der Waals surface area contributed by atoms with Crippen molar-refractivity contribution in [1.29, 1.82) is 0 Å². The summed E-state index contributed by atoms with van der Waals surface area (Å²) in [4.78, 5) is 23.7. The number of rotatable bonds is 21. The molecule has 0 bridgehead atoms. The number of aliphatic hydroxyl groups is 2. The second-order valence-electron chi connectivity index (χ2n) is 17.0. The van der Waals surface area contributed by atoms with Gasteiger partial charge in [-0.2, -0.15) is 0 Å². The van der Waals surface area contributed by atoms with E-state index in [2.05, 4.69) is 30.9 Å². The Morgan fingerprint density at radius 3 is 2.48 bits per heavy atom. The Bertz CT molecular complexity index is 1950. The molecule has 60 heavy (non-hydrogen) atoms. The second kappa shape index (κ2) is 21.0. The molecule has 324 valence electrons. The molecule has 11 heteroatoms. The number of ether oxygens (including phenoxy) is 4. The number of carbonyl (C=O) groups excluding carboxylic acids is 1. The third-order valence-corrected chi connectivity index (χ3v) is 12.8. The van der Waals surface area contributed by atoms with Gasteiger partial charge in [0.1, 0.15) is 28.9 Å².